The molecular formula is C16H31N. The van der Waals surface area contributed by atoms with Crippen molar-refractivity contribution >= 4 is 6.21 Å². The van der Waals surface area contributed by atoms with Gasteiger partial charge < -0.3 is 0 Å². The van der Waals surface area contributed by atoms with Gasteiger partial charge in [-0.3, -0.25) is 4.99 Å². The molecule has 1 unspecified atom stereocenters. The topological polar surface area (TPSA) is 12.4 Å². The van der Waals surface area contributed by atoms with Crippen molar-refractivity contribution in [2.45, 2.75) is 72.6 Å². The van der Waals surface area contributed by atoms with Crippen molar-refractivity contribution in [2.75, 3.05) is 6.54 Å². The normalized spacial score (nSPS) is 14.5. The van der Waals surface area contributed by atoms with Gasteiger partial charge in [0.05, 0.1) is 0 Å². The molecule has 0 aliphatic rings. The highest BCUT2D eigenvalue weighted by Crippen LogP contribution is 2.13. The maximum atomic E-state index is 4.63. The Morgan fingerprint density at radius 2 is 1.88 bits per heavy atom. The van der Waals surface area contributed by atoms with Gasteiger partial charge in [0.2, 0.25) is 0 Å². The van der Waals surface area contributed by atoms with Gasteiger partial charge in [0.1, 0.15) is 0 Å². The molecule has 0 aromatic heterocycles. The molecule has 0 aliphatic heterocycles. The summed E-state index contributed by atoms with van der Waals surface area (Å²) in [4.78, 5) is 4.63. The molecule has 0 N–H and O–H groups in total. The van der Waals surface area contributed by atoms with Crippen LogP contribution in [-0.2, 0) is 0 Å². The average molecular weight is 237 g/mol. The van der Waals surface area contributed by atoms with Crippen molar-refractivity contribution in [1.82, 2.24) is 0 Å². The summed E-state index contributed by atoms with van der Waals surface area (Å²) >= 11 is 0. The van der Waals surface area contributed by atoms with Crippen molar-refractivity contribution in [3.63, 3.8) is 0 Å². The maximum Gasteiger partial charge on any atom is 0.0417 e. The lowest BCUT2D eigenvalue weighted by atomic mass is 10.00. The van der Waals surface area contributed by atoms with Gasteiger partial charge in [0.15, 0.2) is 0 Å². The van der Waals surface area contributed by atoms with Crippen LogP contribution in [0.1, 0.15) is 72.6 Å². The molecule has 1 atom stereocenters. The Labute approximate surface area is 108 Å². The van der Waals surface area contributed by atoms with Crippen LogP contribution in [0.3, 0.4) is 0 Å². The van der Waals surface area contributed by atoms with Gasteiger partial charge in [0.25, 0.3) is 0 Å². The van der Waals surface area contributed by atoms with Gasteiger partial charge >= 0.3 is 0 Å². The number of aliphatic imine (C=N–C) groups is 1. The zero-order valence-electron chi connectivity index (χ0n) is 12.3. The van der Waals surface area contributed by atoms with E-state index in [4.69, 9.17) is 0 Å². The lowest BCUT2D eigenvalue weighted by Gasteiger charge is -2.10. The molecule has 0 bridgehead atoms. The number of hydrogen-bond donors (Lipinski definition) is 0. The Bertz CT molecular complexity index is 216. The highest BCUT2D eigenvalue weighted by atomic mass is 14.7. The van der Waals surface area contributed by atoms with Crippen LogP contribution in [0.25, 0.3) is 0 Å². The highest BCUT2D eigenvalue weighted by Gasteiger charge is 2.03. The van der Waals surface area contributed by atoms with Crippen LogP contribution in [0.4, 0.5) is 0 Å². The fourth-order valence-electron chi connectivity index (χ4n) is 1.85. The predicted octanol–water partition coefficient (Wildman–Crippen LogP) is 5.41. The number of allylic oxidation sites excluding steroid dienone is 2. The average Bonchev–Trinajstić information content (AvgIpc) is 2.37. The summed E-state index contributed by atoms with van der Waals surface area (Å²) in [5.41, 5.74) is 1.40. The van der Waals surface area contributed by atoms with Gasteiger partial charge in [-0.2, -0.15) is 0 Å². The quantitative estimate of drug-likeness (QED) is 0.450. The Hall–Kier alpha value is -0.590. The van der Waals surface area contributed by atoms with Gasteiger partial charge in [-0.1, -0.05) is 59.5 Å². The third-order valence-corrected chi connectivity index (χ3v) is 3.27. The molecule has 1 heteroatoms. The largest absolute Gasteiger partial charge is 0.293 e. The second-order valence-electron chi connectivity index (χ2n) is 4.83. The van der Waals surface area contributed by atoms with E-state index in [1.54, 1.807) is 0 Å². The minimum Gasteiger partial charge on any atom is -0.293 e. The number of nitrogens with zero attached hydrogens (tertiary/aromatic N) is 1. The molecule has 17 heavy (non-hydrogen) atoms. The molecule has 0 radical (unpaired) electrons. The predicted molar refractivity (Wildman–Crippen MR) is 79.9 cm³/mol. The first kappa shape index (κ1) is 16.4. The number of unbranched alkanes of at least 4 members (excludes halogenated alkanes) is 2. The van der Waals surface area contributed by atoms with Crippen molar-refractivity contribution < 1.29 is 0 Å². The molecule has 0 amide bonds. The fourth-order valence-corrected chi connectivity index (χ4v) is 1.85. The van der Waals surface area contributed by atoms with Crippen LogP contribution in [0.5, 0.6) is 0 Å². The molecule has 0 heterocycles. The molecule has 0 aromatic carbocycles. The van der Waals surface area contributed by atoms with E-state index in [1.165, 1.54) is 44.1 Å². The van der Waals surface area contributed by atoms with E-state index in [9.17, 15) is 0 Å². The van der Waals surface area contributed by atoms with Gasteiger partial charge in [-0.15, -0.1) is 0 Å². The van der Waals surface area contributed by atoms with Crippen LogP contribution in [0, 0.1) is 5.92 Å². The smallest absolute Gasteiger partial charge is 0.0417 e. The first-order valence-electron chi connectivity index (χ1n) is 7.47. The molecule has 0 saturated carbocycles. The summed E-state index contributed by atoms with van der Waals surface area (Å²) in [7, 11) is 0. The Morgan fingerprint density at radius 3 is 2.41 bits per heavy atom. The van der Waals surface area contributed by atoms with Gasteiger partial charge in [-0.05, 0) is 30.8 Å². The summed E-state index contributed by atoms with van der Waals surface area (Å²) in [5, 5.41) is 0. The van der Waals surface area contributed by atoms with E-state index in [0.717, 1.165) is 18.9 Å². The molecule has 0 spiro atoms. The third-order valence-electron chi connectivity index (χ3n) is 3.27. The Morgan fingerprint density at radius 1 is 1.12 bits per heavy atom. The molecule has 1 nitrogen and oxygen atoms in total. The second kappa shape index (κ2) is 11.9. The standard InChI is InChI=1S/C16H31N/c1-5-9-11-15(7-3)13-17-14-16(8-4)12-10-6-2/h11,13,16H,5-10,12,14H2,1-4H3/b15-11+,17-13?. The molecule has 0 rings (SSSR count). The zero-order chi connectivity index (χ0) is 12.9. The van der Waals surface area contributed by atoms with Gasteiger partial charge in [0, 0.05) is 12.8 Å². The molecule has 0 fully saturated rings. The van der Waals surface area contributed by atoms with E-state index in [0.29, 0.717) is 0 Å². The zero-order valence-corrected chi connectivity index (χ0v) is 12.3. The lowest BCUT2D eigenvalue weighted by molar-refractivity contribution is 0.463. The van der Waals surface area contributed by atoms with E-state index >= 15 is 0 Å². The minimum absolute atomic E-state index is 0.787. The summed E-state index contributed by atoms with van der Waals surface area (Å²) < 4.78 is 0. The molecule has 0 saturated heterocycles. The lowest BCUT2D eigenvalue weighted by Crippen LogP contribution is -2.03. The first-order chi connectivity index (χ1) is 8.28. The summed E-state index contributed by atoms with van der Waals surface area (Å²) in [5.74, 6) is 0.787. The molecular weight excluding hydrogens is 206 g/mol. The summed E-state index contributed by atoms with van der Waals surface area (Å²) in [6, 6.07) is 0. The van der Waals surface area contributed by atoms with Crippen LogP contribution in [0.15, 0.2) is 16.6 Å². The van der Waals surface area contributed by atoms with Crippen LogP contribution in [-0.4, -0.2) is 12.8 Å². The first-order valence-corrected chi connectivity index (χ1v) is 7.47. The van der Waals surface area contributed by atoms with E-state index in [-0.39, 0.29) is 0 Å². The molecule has 0 aliphatic carbocycles. The summed E-state index contributed by atoms with van der Waals surface area (Å²) in [6.45, 7) is 9.99. The molecule has 0 aromatic rings. The van der Waals surface area contributed by atoms with E-state index in [1.807, 2.05) is 0 Å². The highest BCUT2D eigenvalue weighted by molar-refractivity contribution is 5.78. The number of rotatable bonds is 10. The van der Waals surface area contributed by atoms with Crippen LogP contribution >= 0.6 is 0 Å². The molecule has 100 valence electrons. The van der Waals surface area contributed by atoms with Crippen molar-refractivity contribution in [3.05, 3.63) is 11.6 Å². The summed E-state index contributed by atoms with van der Waals surface area (Å²) in [6.07, 6.45) is 13.2. The van der Waals surface area contributed by atoms with Crippen molar-refractivity contribution in [2.24, 2.45) is 10.9 Å². The van der Waals surface area contributed by atoms with E-state index < -0.39 is 0 Å². The maximum absolute atomic E-state index is 4.63. The van der Waals surface area contributed by atoms with Crippen molar-refractivity contribution in [3.8, 4) is 0 Å². The minimum atomic E-state index is 0.787. The second-order valence-corrected chi connectivity index (χ2v) is 4.83. The van der Waals surface area contributed by atoms with Gasteiger partial charge in [-0.25, -0.2) is 0 Å². The van der Waals surface area contributed by atoms with Crippen LogP contribution in [0.2, 0.25) is 0 Å². The van der Waals surface area contributed by atoms with E-state index in [2.05, 4.69) is 45.0 Å². The monoisotopic (exact) mass is 237 g/mol. The van der Waals surface area contributed by atoms with Crippen LogP contribution < -0.4 is 0 Å². The third kappa shape index (κ3) is 9.14. The Balaban J connectivity index is 4.03. The fraction of sp³-hybridized carbons (Fsp3) is 0.812. The SMILES string of the molecule is CCC/C=C(/C=NCC(CC)CCCC)CC. The Kier molecular flexibility index (Phi) is 11.5. The van der Waals surface area contributed by atoms with Crippen molar-refractivity contribution in [1.29, 1.82) is 0 Å². The number of hydrogen-bond acceptors (Lipinski definition) is 1.